The normalized spacial score (nSPS) is 16.2. The topological polar surface area (TPSA) is 86.7 Å². The predicted molar refractivity (Wildman–Crippen MR) is 111 cm³/mol. The fourth-order valence-corrected chi connectivity index (χ4v) is 3.91. The van der Waals surface area contributed by atoms with Crippen LogP contribution in [0.2, 0.25) is 10.0 Å². The highest BCUT2D eigenvalue weighted by molar-refractivity contribution is 6.33. The highest BCUT2D eigenvalue weighted by atomic mass is 35.5. The van der Waals surface area contributed by atoms with Crippen LogP contribution in [-0.2, 0) is 4.79 Å². The molecule has 2 aromatic carbocycles. The van der Waals surface area contributed by atoms with E-state index in [1.54, 1.807) is 26.0 Å². The van der Waals surface area contributed by atoms with Gasteiger partial charge in [-0.15, -0.1) is 0 Å². The van der Waals surface area contributed by atoms with Crippen molar-refractivity contribution in [2.24, 2.45) is 0 Å². The number of ether oxygens (including phenoxy) is 1. The van der Waals surface area contributed by atoms with Crippen molar-refractivity contribution in [3.8, 4) is 5.75 Å². The number of benzene rings is 2. The Kier molecular flexibility index (Phi) is 4.07. The van der Waals surface area contributed by atoms with Gasteiger partial charge in [0.2, 0.25) is 0 Å². The lowest BCUT2D eigenvalue weighted by molar-refractivity contribution is -0.135. The molecule has 5 rings (SSSR count). The largest absolute Gasteiger partial charge is 0.459 e. The highest BCUT2D eigenvalue weighted by Crippen LogP contribution is 2.39. The fourth-order valence-electron chi connectivity index (χ4n) is 3.58. The van der Waals surface area contributed by atoms with Crippen LogP contribution >= 0.6 is 23.2 Å². The predicted octanol–water partition coefficient (Wildman–Crippen LogP) is 5.35. The fraction of sp³-hybridized carbons (Fsp3) is 0.136. The molecule has 1 unspecified atom stereocenters. The molecule has 150 valence electrons. The molecule has 0 N–H and O–H groups in total. The minimum Gasteiger partial charge on any atom is -0.459 e. The minimum absolute atomic E-state index is 0.0150. The van der Waals surface area contributed by atoms with Gasteiger partial charge in [-0.3, -0.25) is 9.59 Å². The van der Waals surface area contributed by atoms with Gasteiger partial charge in [-0.2, -0.15) is 0 Å². The average Bonchev–Trinajstić information content (AvgIpc) is 3.11. The van der Waals surface area contributed by atoms with Gasteiger partial charge in [-0.1, -0.05) is 23.2 Å². The molecule has 30 heavy (non-hydrogen) atoms. The Morgan fingerprint density at radius 2 is 1.53 bits per heavy atom. The highest BCUT2D eigenvalue weighted by Gasteiger charge is 2.40. The Bertz CT molecular complexity index is 1480. The second kappa shape index (κ2) is 6.45. The molecule has 1 aliphatic rings. The van der Waals surface area contributed by atoms with E-state index in [-0.39, 0.29) is 28.0 Å². The van der Waals surface area contributed by atoms with Gasteiger partial charge in [0.1, 0.15) is 22.5 Å². The van der Waals surface area contributed by atoms with Gasteiger partial charge in [0.15, 0.2) is 17.3 Å². The molecule has 0 spiro atoms. The van der Waals surface area contributed by atoms with E-state index in [9.17, 15) is 14.4 Å². The first-order chi connectivity index (χ1) is 14.2. The number of Topliss-reactive ketones (excluding diaryl/α,β-unsaturated/α-hetero) is 1. The molecule has 3 heterocycles. The molecular weight excluding hydrogens is 431 g/mol. The monoisotopic (exact) mass is 442 g/mol. The number of furan rings is 1. The van der Waals surface area contributed by atoms with Gasteiger partial charge >= 0.3 is 11.6 Å². The maximum atomic E-state index is 13.1. The summed E-state index contributed by atoms with van der Waals surface area (Å²) in [5.74, 6) is -2.55. The Balaban J connectivity index is 1.72. The Hall–Kier alpha value is -3.09. The van der Waals surface area contributed by atoms with Gasteiger partial charge in [0, 0.05) is 10.0 Å². The smallest absolute Gasteiger partial charge is 0.347 e. The summed E-state index contributed by atoms with van der Waals surface area (Å²) in [5, 5.41) is 1.40. The van der Waals surface area contributed by atoms with Crippen molar-refractivity contribution in [1.82, 2.24) is 0 Å². The van der Waals surface area contributed by atoms with Crippen molar-refractivity contribution in [2.45, 2.75) is 19.8 Å². The van der Waals surface area contributed by atoms with Crippen LogP contribution in [-0.4, -0.2) is 11.8 Å². The summed E-state index contributed by atoms with van der Waals surface area (Å²) in [4.78, 5) is 38.2. The quantitative estimate of drug-likeness (QED) is 0.171. The van der Waals surface area contributed by atoms with Crippen LogP contribution in [0.15, 0.2) is 44.0 Å². The molecule has 4 aromatic rings. The number of ketones is 1. The summed E-state index contributed by atoms with van der Waals surface area (Å²) in [6, 6.07) is 7.57. The number of aryl methyl sites for hydroxylation is 2. The first kappa shape index (κ1) is 18.9. The maximum Gasteiger partial charge on any atom is 0.347 e. The summed E-state index contributed by atoms with van der Waals surface area (Å²) >= 11 is 12.3. The number of fused-ring (bicyclic) bond motifs is 4. The minimum atomic E-state index is -1.36. The molecule has 6 nitrogen and oxygen atoms in total. The number of rotatable bonds is 1. The van der Waals surface area contributed by atoms with Crippen molar-refractivity contribution < 1.29 is 23.2 Å². The summed E-state index contributed by atoms with van der Waals surface area (Å²) in [6.45, 7) is 3.52. The SMILES string of the molecule is Cc1cc2c(cc1Cl)C(=O)C(c1cc3c(=O)oc4cc(C)c(Cl)cc4c3o1)C(=O)O2. The number of halogens is 2. The van der Waals surface area contributed by atoms with Crippen molar-refractivity contribution in [1.29, 1.82) is 0 Å². The second-order valence-corrected chi connectivity index (χ2v) is 8.01. The molecule has 0 radical (unpaired) electrons. The molecule has 0 fully saturated rings. The molecule has 1 aliphatic heterocycles. The third-order valence-corrected chi connectivity index (χ3v) is 6.01. The molecule has 0 saturated heterocycles. The summed E-state index contributed by atoms with van der Waals surface area (Å²) in [5.41, 5.74) is 1.41. The lowest BCUT2D eigenvalue weighted by atomic mass is 9.91. The Morgan fingerprint density at radius 1 is 0.833 bits per heavy atom. The van der Waals surface area contributed by atoms with Crippen molar-refractivity contribution in [2.75, 3.05) is 0 Å². The molecule has 2 aromatic heterocycles. The van der Waals surface area contributed by atoms with Crippen LogP contribution in [0.5, 0.6) is 5.75 Å². The van der Waals surface area contributed by atoms with Crippen molar-refractivity contribution in [3.05, 3.63) is 73.2 Å². The molecule has 0 bridgehead atoms. The van der Waals surface area contributed by atoms with E-state index < -0.39 is 23.3 Å². The van der Waals surface area contributed by atoms with Crippen LogP contribution in [0, 0.1) is 13.8 Å². The Labute approximate surface area is 178 Å². The maximum absolute atomic E-state index is 13.1. The molecule has 0 saturated carbocycles. The van der Waals surface area contributed by atoms with Crippen LogP contribution in [0.1, 0.15) is 33.2 Å². The number of carbonyl (C=O) groups excluding carboxylic acids is 2. The van der Waals surface area contributed by atoms with E-state index in [0.29, 0.717) is 26.6 Å². The molecule has 0 aliphatic carbocycles. The number of hydrogen-bond acceptors (Lipinski definition) is 6. The van der Waals surface area contributed by atoms with Crippen molar-refractivity contribution >= 4 is 56.9 Å². The first-order valence-corrected chi connectivity index (χ1v) is 9.72. The Morgan fingerprint density at radius 3 is 2.30 bits per heavy atom. The van der Waals surface area contributed by atoms with E-state index in [1.165, 1.54) is 18.2 Å². The van der Waals surface area contributed by atoms with Crippen LogP contribution in [0.25, 0.3) is 21.9 Å². The van der Waals surface area contributed by atoms with E-state index in [4.69, 9.17) is 36.8 Å². The van der Waals surface area contributed by atoms with Crippen LogP contribution in [0.4, 0.5) is 0 Å². The van der Waals surface area contributed by atoms with Crippen LogP contribution < -0.4 is 10.4 Å². The van der Waals surface area contributed by atoms with Crippen molar-refractivity contribution in [3.63, 3.8) is 0 Å². The van der Waals surface area contributed by atoms with Gasteiger partial charge in [0.05, 0.1) is 10.9 Å². The zero-order chi connectivity index (χ0) is 21.3. The lowest BCUT2D eigenvalue weighted by Crippen LogP contribution is -2.31. The standard InChI is InChI=1S/C22H12Cl2O6/c1-8-3-15-10(5-13(8)23)19(25)18(22(27)30-15)17-7-12-20(28-17)11-6-14(24)9(2)4-16(11)29-21(12)26/h3-7,18H,1-2H3. The van der Waals surface area contributed by atoms with Gasteiger partial charge < -0.3 is 13.6 Å². The van der Waals surface area contributed by atoms with E-state index in [1.807, 2.05) is 0 Å². The van der Waals surface area contributed by atoms with Gasteiger partial charge in [0.25, 0.3) is 0 Å². The zero-order valence-electron chi connectivity index (χ0n) is 15.7. The second-order valence-electron chi connectivity index (χ2n) is 7.19. The third kappa shape index (κ3) is 2.68. The summed E-state index contributed by atoms with van der Waals surface area (Å²) in [7, 11) is 0. The lowest BCUT2D eigenvalue weighted by Gasteiger charge is -2.21. The van der Waals surface area contributed by atoms with Gasteiger partial charge in [-0.05, 0) is 55.3 Å². The summed E-state index contributed by atoms with van der Waals surface area (Å²) in [6.07, 6.45) is 0. The number of carbonyl (C=O) groups is 2. The summed E-state index contributed by atoms with van der Waals surface area (Å²) < 4.78 is 16.5. The zero-order valence-corrected chi connectivity index (χ0v) is 17.2. The molecular formula is C22H12Cl2O6. The first-order valence-electron chi connectivity index (χ1n) is 8.97. The molecule has 0 amide bonds. The van der Waals surface area contributed by atoms with E-state index in [0.717, 1.165) is 5.56 Å². The van der Waals surface area contributed by atoms with E-state index in [2.05, 4.69) is 0 Å². The van der Waals surface area contributed by atoms with E-state index >= 15 is 0 Å². The average molecular weight is 443 g/mol. The van der Waals surface area contributed by atoms with Crippen LogP contribution in [0.3, 0.4) is 0 Å². The molecule has 1 atom stereocenters. The third-order valence-electron chi connectivity index (χ3n) is 5.20. The van der Waals surface area contributed by atoms with Gasteiger partial charge in [-0.25, -0.2) is 4.79 Å². The number of esters is 1. The number of hydrogen-bond donors (Lipinski definition) is 0. The molecule has 8 heteroatoms.